The Kier molecular flexibility index (Phi) is 2.11. The molecular formula is C8H15NO2. The van der Waals surface area contributed by atoms with Crippen molar-refractivity contribution in [2.24, 2.45) is 0 Å². The molecular weight excluding hydrogens is 142 g/mol. The highest BCUT2D eigenvalue weighted by atomic mass is 16.6. The first-order valence-corrected chi connectivity index (χ1v) is 4.36. The minimum absolute atomic E-state index is 0.312. The van der Waals surface area contributed by atoms with Crippen molar-refractivity contribution in [1.29, 1.82) is 0 Å². The highest BCUT2D eigenvalue weighted by molar-refractivity contribution is 4.83. The van der Waals surface area contributed by atoms with Crippen LogP contribution in [0.2, 0.25) is 0 Å². The average molecular weight is 157 g/mol. The van der Waals surface area contributed by atoms with Crippen molar-refractivity contribution in [3.05, 3.63) is 0 Å². The summed E-state index contributed by atoms with van der Waals surface area (Å²) in [5.41, 5.74) is 0. The Morgan fingerprint density at radius 2 is 2.36 bits per heavy atom. The summed E-state index contributed by atoms with van der Waals surface area (Å²) in [4.78, 5) is 2.34. The van der Waals surface area contributed by atoms with Gasteiger partial charge in [0.1, 0.15) is 0 Å². The summed E-state index contributed by atoms with van der Waals surface area (Å²) >= 11 is 0. The van der Waals surface area contributed by atoms with E-state index in [1.165, 1.54) is 6.42 Å². The number of nitrogens with zero attached hydrogens (tertiary/aromatic N) is 1. The molecule has 0 unspecified atom stereocenters. The summed E-state index contributed by atoms with van der Waals surface area (Å²) in [7, 11) is 0. The molecule has 3 nitrogen and oxygen atoms in total. The lowest BCUT2D eigenvalue weighted by Gasteiger charge is -2.21. The molecule has 2 saturated heterocycles. The standard InChI is InChI=1S/C8H15NO2/c10-5-7-2-1-3-9(7)4-8-6-11-8/h7-8,10H,1-6H2/t7-,8+/m1/s1. The number of aliphatic hydroxyl groups excluding tert-OH is 1. The minimum atomic E-state index is 0.312. The van der Waals surface area contributed by atoms with Gasteiger partial charge in [0.2, 0.25) is 0 Å². The third kappa shape index (κ3) is 1.72. The highest BCUT2D eigenvalue weighted by Gasteiger charge is 2.31. The van der Waals surface area contributed by atoms with E-state index in [1.54, 1.807) is 0 Å². The molecule has 0 saturated carbocycles. The fourth-order valence-corrected chi connectivity index (χ4v) is 1.78. The summed E-state index contributed by atoms with van der Waals surface area (Å²) in [5, 5.41) is 8.99. The second-order valence-corrected chi connectivity index (χ2v) is 3.43. The zero-order chi connectivity index (χ0) is 7.68. The smallest absolute Gasteiger partial charge is 0.0936 e. The van der Waals surface area contributed by atoms with Crippen LogP contribution in [0.5, 0.6) is 0 Å². The predicted octanol–water partition coefficient (Wildman–Crippen LogP) is -0.158. The van der Waals surface area contributed by atoms with Gasteiger partial charge in [-0.3, -0.25) is 4.90 Å². The summed E-state index contributed by atoms with van der Waals surface area (Å²) < 4.78 is 5.14. The van der Waals surface area contributed by atoms with Crippen molar-refractivity contribution in [3.8, 4) is 0 Å². The van der Waals surface area contributed by atoms with Crippen LogP contribution in [0.4, 0.5) is 0 Å². The van der Waals surface area contributed by atoms with E-state index in [1.807, 2.05) is 0 Å². The summed E-state index contributed by atoms with van der Waals surface area (Å²) in [6, 6.07) is 0.416. The van der Waals surface area contributed by atoms with Gasteiger partial charge in [-0.25, -0.2) is 0 Å². The molecule has 1 N–H and O–H groups in total. The number of aliphatic hydroxyl groups is 1. The molecule has 2 aliphatic rings. The SMILES string of the molecule is OC[C@H]1CCCN1C[C@H]1CO1. The van der Waals surface area contributed by atoms with Crippen molar-refractivity contribution in [3.63, 3.8) is 0 Å². The van der Waals surface area contributed by atoms with Crippen LogP contribution in [0.1, 0.15) is 12.8 Å². The molecule has 0 aliphatic carbocycles. The maximum absolute atomic E-state index is 8.99. The van der Waals surface area contributed by atoms with Gasteiger partial charge in [-0.15, -0.1) is 0 Å². The summed E-state index contributed by atoms with van der Waals surface area (Å²) in [5.74, 6) is 0. The van der Waals surface area contributed by atoms with E-state index in [2.05, 4.69) is 4.90 Å². The second-order valence-electron chi connectivity index (χ2n) is 3.43. The fourth-order valence-electron chi connectivity index (χ4n) is 1.78. The maximum Gasteiger partial charge on any atom is 0.0936 e. The van der Waals surface area contributed by atoms with Crippen LogP contribution in [0.15, 0.2) is 0 Å². The zero-order valence-corrected chi connectivity index (χ0v) is 6.70. The fraction of sp³-hybridized carbons (Fsp3) is 1.00. The van der Waals surface area contributed by atoms with Crippen LogP contribution in [0, 0.1) is 0 Å². The average Bonchev–Trinajstić information content (AvgIpc) is 2.68. The quantitative estimate of drug-likeness (QED) is 0.578. The third-order valence-corrected chi connectivity index (χ3v) is 2.55. The molecule has 64 valence electrons. The largest absolute Gasteiger partial charge is 0.395 e. The molecule has 0 aromatic rings. The molecule has 2 aliphatic heterocycles. The van der Waals surface area contributed by atoms with E-state index in [0.29, 0.717) is 18.8 Å². The molecule has 0 bridgehead atoms. The van der Waals surface area contributed by atoms with Gasteiger partial charge in [0.15, 0.2) is 0 Å². The molecule has 0 spiro atoms. The molecule has 0 radical (unpaired) electrons. The first-order chi connectivity index (χ1) is 5.40. The number of epoxide rings is 1. The number of ether oxygens (including phenoxy) is 1. The topological polar surface area (TPSA) is 36.0 Å². The van der Waals surface area contributed by atoms with E-state index in [-0.39, 0.29) is 0 Å². The Morgan fingerprint density at radius 3 is 3.00 bits per heavy atom. The summed E-state index contributed by atoms with van der Waals surface area (Å²) in [6.07, 6.45) is 2.86. The van der Waals surface area contributed by atoms with Crippen LogP contribution in [0.3, 0.4) is 0 Å². The van der Waals surface area contributed by atoms with Crippen LogP contribution < -0.4 is 0 Å². The van der Waals surface area contributed by atoms with Crippen molar-refractivity contribution < 1.29 is 9.84 Å². The van der Waals surface area contributed by atoms with Crippen LogP contribution in [0.25, 0.3) is 0 Å². The van der Waals surface area contributed by atoms with Gasteiger partial charge in [-0.05, 0) is 19.4 Å². The lowest BCUT2D eigenvalue weighted by atomic mass is 10.2. The molecule has 0 amide bonds. The van der Waals surface area contributed by atoms with Crippen LogP contribution >= 0.6 is 0 Å². The molecule has 2 fully saturated rings. The van der Waals surface area contributed by atoms with E-state index in [0.717, 1.165) is 26.1 Å². The molecule has 0 aromatic heterocycles. The molecule has 11 heavy (non-hydrogen) atoms. The zero-order valence-electron chi connectivity index (χ0n) is 6.70. The Hall–Kier alpha value is -0.120. The van der Waals surface area contributed by atoms with Crippen LogP contribution in [-0.4, -0.2) is 48.5 Å². The van der Waals surface area contributed by atoms with E-state index in [4.69, 9.17) is 9.84 Å². The lowest BCUT2D eigenvalue weighted by molar-refractivity contribution is 0.150. The lowest BCUT2D eigenvalue weighted by Crippen LogP contribution is -2.35. The van der Waals surface area contributed by atoms with Gasteiger partial charge in [-0.2, -0.15) is 0 Å². The van der Waals surface area contributed by atoms with Crippen molar-refractivity contribution >= 4 is 0 Å². The Morgan fingerprint density at radius 1 is 1.55 bits per heavy atom. The number of hydrogen-bond donors (Lipinski definition) is 1. The Balaban J connectivity index is 1.79. The van der Waals surface area contributed by atoms with Gasteiger partial charge in [0, 0.05) is 12.6 Å². The third-order valence-electron chi connectivity index (χ3n) is 2.55. The number of rotatable bonds is 3. The van der Waals surface area contributed by atoms with Gasteiger partial charge in [0.05, 0.1) is 19.3 Å². The molecule has 3 heteroatoms. The van der Waals surface area contributed by atoms with Crippen molar-refractivity contribution in [2.75, 3.05) is 26.3 Å². The minimum Gasteiger partial charge on any atom is -0.395 e. The van der Waals surface area contributed by atoms with Crippen molar-refractivity contribution in [2.45, 2.75) is 25.0 Å². The second kappa shape index (κ2) is 3.09. The van der Waals surface area contributed by atoms with E-state index < -0.39 is 0 Å². The van der Waals surface area contributed by atoms with Gasteiger partial charge < -0.3 is 9.84 Å². The molecule has 0 aromatic carbocycles. The Labute approximate surface area is 66.9 Å². The first kappa shape index (κ1) is 7.53. The summed E-state index contributed by atoms with van der Waals surface area (Å²) in [6.45, 7) is 3.41. The normalized spacial score (nSPS) is 37.9. The number of likely N-dealkylation sites (tertiary alicyclic amines) is 1. The molecule has 2 rings (SSSR count). The molecule has 2 atom stereocenters. The van der Waals surface area contributed by atoms with Gasteiger partial charge >= 0.3 is 0 Å². The monoisotopic (exact) mass is 157 g/mol. The highest BCUT2D eigenvalue weighted by Crippen LogP contribution is 2.20. The predicted molar refractivity (Wildman–Crippen MR) is 41.4 cm³/mol. The van der Waals surface area contributed by atoms with E-state index >= 15 is 0 Å². The van der Waals surface area contributed by atoms with Crippen molar-refractivity contribution in [1.82, 2.24) is 4.90 Å². The molecule has 2 heterocycles. The van der Waals surface area contributed by atoms with Crippen LogP contribution in [-0.2, 0) is 4.74 Å². The Bertz CT molecular complexity index is 136. The maximum atomic E-state index is 8.99. The van der Waals surface area contributed by atoms with Gasteiger partial charge in [0.25, 0.3) is 0 Å². The van der Waals surface area contributed by atoms with E-state index in [9.17, 15) is 0 Å². The number of hydrogen-bond acceptors (Lipinski definition) is 3. The first-order valence-electron chi connectivity index (χ1n) is 4.36. The van der Waals surface area contributed by atoms with Gasteiger partial charge in [-0.1, -0.05) is 0 Å².